The Labute approximate surface area is 78.2 Å². The molecule has 1 aromatic heterocycles. The summed E-state index contributed by atoms with van der Waals surface area (Å²) in [7, 11) is 0. The first kappa shape index (κ1) is 8.25. The van der Waals surface area contributed by atoms with Crippen LogP contribution in [0.3, 0.4) is 0 Å². The van der Waals surface area contributed by atoms with Crippen molar-refractivity contribution in [3.8, 4) is 6.07 Å². The van der Waals surface area contributed by atoms with Gasteiger partial charge in [0.2, 0.25) is 0 Å². The van der Waals surface area contributed by atoms with Crippen LogP contribution in [-0.2, 0) is 6.42 Å². The Hall–Kier alpha value is -1.36. The summed E-state index contributed by atoms with van der Waals surface area (Å²) < 4.78 is 0. The van der Waals surface area contributed by atoms with E-state index in [9.17, 15) is 0 Å². The summed E-state index contributed by atoms with van der Waals surface area (Å²) in [4.78, 5) is 4.50. The van der Waals surface area contributed by atoms with Crippen LogP contribution in [0.15, 0.2) is 12.1 Å². The molecule has 0 N–H and O–H groups in total. The van der Waals surface area contributed by atoms with Crippen LogP contribution in [0.1, 0.15) is 42.6 Å². The van der Waals surface area contributed by atoms with Gasteiger partial charge >= 0.3 is 0 Å². The maximum atomic E-state index is 8.87. The van der Waals surface area contributed by atoms with E-state index in [-0.39, 0.29) is 0 Å². The van der Waals surface area contributed by atoms with E-state index < -0.39 is 0 Å². The van der Waals surface area contributed by atoms with E-state index in [1.807, 2.05) is 12.1 Å². The van der Waals surface area contributed by atoms with Crippen molar-refractivity contribution in [1.82, 2.24) is 4.98 Å². The second kappa shape index (κ2) is 3.18. The molecule has 0 aliphatic heterocycles. The summed E-state index contributed by atoms with van der Waals surface area (Å²) in [6.07, 6.45) is 3.36. The van der Waals surface area contributed by atoms with Crippen LogP contribution >= 0.6 is 0 Å². The van der Waals surface area contributed by atoms with E-state index in [0.717, 1.165) is 23.4 Å². The molecule has 0 atom stereocenters. The van der Waals surface area contributed by atoms with Crippen LogP contribution < -0.4 is 0 Å². The SMILES string of the molecule is CCc1ccc(C#N)c(C2CC2)n1. The first-order chi connectivity index (χ1) is 6.35. The molecule has 0 unspecified atom stereocenters. The highest BCUT2D eigenvalue weighted by Crippen LogP contribution is 2.40. The van der Waals surface area contributed by atoms with Gasteiger partial charge in [-0.15, -0.1) is 0 Å². The lowest BCUT2D eigenvalue weighted by Gasteiger charge is -2.02. The smallest absolute Gasteiger partial charge is 0.101 e. The number of aryl methyl sites for hydroxylation is 1. The zero-order valence-corrected chi connectivity index (χ0v) is 7.75. The van der Waals surface area contributed by atoms with Gasteiger partial charge in [-0.1, -0.05) is 6.92 Å². The monoisotopic (exact) mass is 172 g/mol. The lowest BCUT2D eigenvalue weighted by molar-refractivity contribution is 0.940. The van der Waals surface area contributed by atoms with E-state index in [1.54, 1.807) is 0 Å². The van der Waals surface area contributed by atoms with E-state index in [4.69, 9.17) is 5.26 Å². The van der Waals surface area contributed by atoms with Gasteiger partial charge in [-0.25, -0.2) is 0 Å². The molecule has 0 saturated heterocycles. The minimum absolute atomic E-state index is 0.571. The molecule has 0 bridgehead atoms. The van der Waals surface area contributed by atoms with Gasteiger partial charge in [0.15, 0.2) is 0 Å². The fraction of sp³-hybridized carbons (Fsp3) is 0.455. The molecule has 0 radical (unpaired) electrons. The maximum absolute atomic E-state index is 8.87. The number of hydrogen-bond acceptors (Lipinski definition) is 2. The molecule has 13 heavy (non-hydrogen) atoms. The third-order valence-corrected chi connectivity index (χ3v) is 2.43. The summed E-state index contributed by atoms with van der Waals surface area (Å²) in [5.74, 6) is 0.571. The lowest BCUT2D eigenvalue weighted by atomic mass is 10.1. The predicted octanol–water partition coefficient (Wildman–Crippen LogP) is 2.39. The van der Waals surface area contributed by atoms with Crippen LogP contribution in [0.4, 0.5) is 0 Å². The lowest BCUT2D eigenvalue weighted by Crippen LogP contribution is -1.96. The van der Waals surface area contributed by atoms with Crippen molar-refractivity contribution < 1.29 is 0 Å². The Morgan fingerprint density at radius 3 is 2.85 bits per heavy atom. The third kappa shape index (κ3) is 1.55. The Morgan fingerprint density at radius 1 is 1.54 bits per heavy atom. The number of aromatic nitrogens is 1. The van der Waals surface area contributed by atoms with Gasteiger partial charge in [-0.05, 0) is 31.4 Å². The van der Waals surface area contributed by atoms with Crippen LogP contribution in [-0.4, -0.2) is 4.98 Å². The van der Waals surface area contributed by atoms with Gasteiger partial charge in [0.25, 0.3) is 0 Å². The van der Waals surface area contributed by atoms with Gasteiger partial charge in [-0.2, -0.15) is 5.26 Å². The molecule has 1 aliphatic rings. The normalized spacial score (nSPS) is 15.4. The molecule has 2 heteroatoms. The van der Waals surface area contributed by atoms with Crippen LogP contribution in [0.5, 0.6) is 0 Å². The molecule has 1 heterocycles. The van der Waals surface area contributed by atoms with Crippen molar-refractivity contribution in [2.45, 2.75) is 32.1 Å². The van der Waals surface area contributed by atoms with E-state index in [0.29, 0.717) is 5.92 Å². The van der Waals surface area contributed by atoms with Crippen LogP contribution in [0.2, 0.25) is 0 Å². The Kier molecular flexibility index (Phi) is 2.02. The number of nitriles is 1. The fourth-order valence-corrected chi connectivity index (χ4v) is 1.48. The average Bonchev–Trinajstić information content (AvgIpc) is 3.00. The van der Waals surface area contributed by atoms with Crippen LogP contribution in [0.25, 0.3) is 0 Å². The first-order valence-corrected chi connectivity index (χ1v) is 4.75. The quantitative estimate of drug-likeness (QED) is 0.686. The highest BCUT2D eigenvalue weighted by molar-refractivity contribution is 5.38. The van der Waals surface area contributed by atoms with Crippen molar-refractivity contribution in [3.05, 3.63) is 29.1 Å². The molecule has 0 amide bonds. The molecule has 1 aromatic rings. The summed E-state index contributed by atoms with van der Waals surface area (Å²) in [6, 6.07) is 6.06. The Bertz CT molecular complexity index is 359. The molecule has 1 saturated carbocycles. The summed E-state index contributed by atoms with van der Waals surface area (Å²) in [6.45, 7) is 2.09. The average molecular weight is 172 g/mol. The zero-order valence-electron chi connectivity index (χ0n) is 7.75. The van der Waals surface area contributed by atoms with Crippen molar-refractivity contribution in [2.75, 3.05) is 0 Å². The standard InChI is InChI=1S/C11H12N2/c1-2-10-6-5-9(7-12)11(13-10)8-3-4-8/h5-6,8H,2-4H2,1H3. The Balaban J connectivity index is 2.42. The minimum atomic E-state index is 0.571. The van der Waals surface area contributed by atoms with Crippen molar-refractivity contribution in [1.29, 1.82) is 5.26 Å². The van der Waals surface area contributed by atoms with Crippen molar-refractivity contribution in [2.24, 2.45) is 0 Å². The van der Waals surface area contributed by atoms with Gasteiger partial charge in [-0.3, -0.25) is 4.98 Å². The molecule has 0 spiro atoms. The molecule has 0 aromatic carbocycles. The van der Waals surface area contributed by atoms with Gasteiger partial charge in [0.1, 0.15) is 6.07 Å². The number of hydrogen-bond donors (Lipinski definition) is 0. The van der Waals surface area contributed by atoms with Crippen LogP contribution in [0, 0.1) is 11.3 Å². The van der Waals surface area contributed by atoms with Crippen molar-refractivity contribution >= 4 is 0 Å². The summed E-state index contributed by atoms with van der Waals surface area (Å²) >= 11 is 0. The van der Waals surface area contributed by atoms with E-state index in [2.05, 4.69) is 18.0 Å². The largest absolute Gasteiger partial charge is 0.256 e. The number of nitrogens with zero attached hydrogens (tertiary/aromatic N) is 2. The second-order valence-electron chi connectivity index (χ2n) is 3.48. The summed E-state index contributed by atoms with van der Waals surface area (Å²) in [5.41, 5.74) is 2.89. The second-order valence-corrected chi connectivity index (χ2v) is 3.48. The highest BCUT2D eigenvalue weighted by atomic mass is 14.7. The predicted molar refractivity (Wildman–Crippen MR) is 50.3 cm³/mol. The third-order valence-electron chi connectivity index (χ3n) is 2.43. The van der Waals surface area contributed by atoms with Gasteiger partial charge in [0.05, 0.1) is 11.3 Å². The Morgan fingerprint density at radius 2 is 2.31 bits per heavy atom. The molecular formula is C11H12N2. The number of rotatable bonds is 2. The maximum Gasteiger partial charge on any atom is 0.101 e. The van der Waals surface area contributed by atoms with Gasteiger partial charge in [0, 0.05) is 11.6 Å². The zero-order chi connectivity index (χ0) is 9.26. The molecule has 2 rings (SSSR count). The number of pyridine rings is 1. The molecule has 1 fully saturated rings. The molecule has 2 nitrogen and oxygen atoms in total. The van der Waals surface area contributed by atoms with Gasteiger partial charge < -0.3 is 0 Å². The van der Waals surface area contributed by atoms with Crippen molar-refractivity contribution in [3.63, 3.8) is 0 Å². The summed E-state index contributed by atoms with van der Waals surface area (Å²) in [5, 5.41) is 8.87. The van der Waals surface area contributed by atoms with E-state index in [1.165, 1.54) is 12.8 Å². The highest BCUT2D eigenvalue weighted by Gasteiger charge is 2.27. The molecular weight excluding hydrogens is 160 g/mol. The first-order valence-electron chi connectivity index (χ1n) is 4.75. The topological polar surface area (TPSA) is 36.7 Å². The fourth-order valence-electron chi connectivity index (χ4n) is 1.48. The minimum Gasteiger partial charge on any atom is -0.256 e. The molecule has 1 aliphatic carbocycles. The molecule has 66 valence electrons. The van der Waals surface area contributed by atoms with E-state index >= 15 is 0 Å².